The number of hydrogen-bond acceptors (Lipinski definition) is 2. The van der Waals surface area contributed by atoms with E-state index >= 15 is 0 Å². The van der Waals surface area contributed by atoms with Crippen molar-refractivity contribution in [3.63, 3.8) is 0 Å². The lowest BCUT2D eigenvalue weighted by molar-refractivity contribution is 0.627. The maximum Gasteiger partial charge on any atom is 0.125 e. The zero-order valence-electron chi connectivity index (χ0n) is 9.61. The van der Waals surface area contributed by atoms with Crippen LogP contribution < -0.4 is 5.73 Å². The average molecular weight is 247 g/mol. The number of benzene rings is 2. The lowest BCUT2D eigenvalue weighted by Crippen LogP contribution is -1.90. The Bertz CT molecular complexity index is 525. The van der Waals surface area contributed by atoms with Crippen molar-refractivity contribution in [2.45, 2.75) is 17.6 Å². The molecule has 0 heterocycles. The molecule has 88 valence electrons. The van der Waals surface area contributed by atoms with Crippen LogP contribution in [0, 0.1) is 12.7 Å². The molecule has 3 heteroatoms. The van der Waals surface area contributed by atoms with E-state index in [-0.39, 0.29) is 5.82 Å². The van der Waals surface area contributed by atoms with Crippen molar-refractivity contribution in [2.24, 2.45) is 0 Å². The summed E-state index contributed by atoms with van der Waals surface area (Å²) < 4.78 is 12.9. The maximum absolute atomic E-state index is 12.9. The van der Waals surface area contributed by atoms with Gasteiger partial charge in [0.25, 0.3) is 0 Å². The van der Waals surface area contributed by atoms with Crippen LogP contribution in [-0.2, 0) is 5.75 Å². The molecule has 17 heavy (non-hydrogen) atoms. The lowest BCUT2D eigenvalue weighted by atomic mass is 10.2. The highest BCUT2D eigenvalue weighted by Crippen LogP contribution is 2.28. The Hall–Kier alpha value is -1.48. The Morgan fingerprint density at radius 2 is 2.00 bits per heavy atom. The zero-order chi connectivity index (χ0) is 12.3. The van der Waals surface area contributed by atoms with Gasteiger partial charge in [-0.3, -0.25) is 0 Å². The molecule has 0 fully saturated rings. The molecule has 2 N–H and O–H groups in total. The van der Waals surface area contributed by atoms with Gasteiger partial charge < -0.3 is 5.73 Å². The summed E-state index contributed by atoms with van der Waals surface area (Å²) in [6, 6.07) is 12.9. The Kier molecular flexibility index (Phi) is 3.69. The van der Waals surface area contributed by atoms with Gasteiger partial charge in [0.2, 0.25) is 0 Å². The van der Waals surface area contributed by atoms with Crippen molar-refractivity contribution < 1.29 is 4.39 Å². The number of rotatable bonds is 3. The van der Waals surface area contributed by atoms with Crippen molar-refractivity contribution in [1.82, 2.24) is 0 Å². The van der Waals surface area contributed by atoms with Crippen LogP contribution in [0.3, 0.4) is 0 Å². The Morgan fingerprint density at radius 1 is 1.18 bits per heavy atom. The first kappa shape index (κ1) is 12.0. The molecule has 1 nitrogen and oxygen atoms in total. The first-order chi connectivity index (χ1) is 8.15. The smallest absolute Gasteiger partial charge is 0.125 e. The molecule has 0 unspecified atom stereocenters. The highest BCUT2D eigenvalue weighted by atomic mass is 32.2. The van der Waals surface area contributed by atoms with Gasteiger partial charge in [0.1, 0.15) is 5.82 Å². The van der Waals surface area contributed by atoms with Gasteiger partial charge in [0.05, 0.1) is 0 Å². The minimum atomic E-state index is -0.289. The summed E-state index contributed by atoms with van der Waals surface area (Å²) in [5, 5.41) is 0. The standard InChI is InChI=1S/C14H14FNS/c1-10-3-2-4-11(7-10)9-17-14-6-5-12(15)8-13(14)16/h2-8H,9,16H2,1H3. The van der Waals surface area contributed by atoms with Crippen LogP contribution in [-0.4, -0.2) is 0 Å². The number of anilines is 1. The molecule has 2 rings (SSSR count). The summed E-state index contributed by atoms with van der Waals surface area (Å²) >= 11 is 1.63. The van der Waals surface area contributed by atoms with E-state index in [0.717, 1.165) is 10.6 Å². The molecule has 0 atom stereocenters. The topological polar surface area (TPSA) is 26.0 Å². The second kappa shape index (κ2) is 5.23. The molecule has 2 aromatic rings. The summed E-state index contributed by atoms with van der Waals surface area (Å²) in [4.78, 5) is 0.924. The SMILES string of the molecule is Cc1cccc(CSc2ccc(F)cc2N)c1. The molecular formula is C14H14FNS. The number of hydrogen-bond donors (Lipinski definition) is 1. The maximum atomic E-state index is 12.9. The highest BCUT2D eigenvalue weighted by molar-refractivity contribution is 7.98. The van der Waals surface area contributed by atoms with Gasteiger partial charge in [0, 0.05) is 16.3 Å². The van der Waals surface area contributed by atoms with Crippen molar-refractivity contribution in [1.29, 1.82) is 0 Å². The van der Waals surface area contributed by atoms with Gasteiger partial charge in [-0.1, -0.05) is 29.8 Å². The van der Waals surface area contributed by atoms with Crippen LogP contribution in [0.5, 0.6) is 0 Å². The van der Waals surface area contributed by atoms with E-state index in [1.165, 1.54) is 23.3 Å². The molecule has 0 saturated carbocycles. The number of thioether (sulfide) groups is 1. The van der Waals surface area contributed by atoms with E-state index in [1.54, 1.807) is 17.8 Å². The zero-order valence-corrected chi connectivity index (χ0v) is 10.4. The largest absolute Gasteiger partial charge is 0.398 e. The summed E-state index contributed by atoms with van der Waals surface area (Å²) in [6.45, 7) is 2.07. The van der Waals surface area contributed by atoms with Crippen molar-refractivity contribution in [3.8, 4) is 0 Å². The number of nitrogens with two attached hydrogens (primary N) is 1. The van der Waals surface area contributed by atoms with Gasteiger partial charge in [-0.25, -0.2) is 4.39 Å². The molecule has 0 aliphatic carbocycles. The first-order valence-electron chi connectivity index (χ1n) is 5.38. The monoisotopic (exact) mass is 247 g/mol. The van der Waals surface area contributed by atoms with Crippen LogP contribution in [0.1, 0.15) is 11.1 Å². The average Bonchev–Trinajstić information content (AvgIpc) is 2.28. The van der Waals surface area contributed by atoms with Gasteiger partial charge in [0.15, 0.2) is 0 Å². The van der Waals surface area contributed by atoms with Crippen molar-refractivity contribution >= 4 is 17.4 Å². The van der Waals surface area contributed by atoms with E-state index < -0.39 is 0 Å². The quantitative estimate of drug-likeness (QED) is 0.655. The predicted molar refractivity (Wildman–Crippen MR) is 71.6 cm³/mol. The predicted octanol–water partition coefficient (Wildman–Crippen LogP) is 4.01. The third-order valence-electron chi connectivity index (χ3n) is 2.45. The first-order valence-corrected chi connectivity index (χ1v) is 6.37. The van der Waals surface area contributed by atoms with E-state index in [2.05, 4.69) is 25.1 Å². The van der Waals surface area contributed by atoms with E-state index in [4.69, 9.17) is 5.73 Å². The van der Waals surface area contributed by atoms with Crippen LogP contribution in [0.25, 0.3) is 0 Å². The lowest BCUT2D eigenvalue weighted by Gasteiger charge is -2.06. The summed E-state index contributed by atoms with van der Waals surface area (Å²) in [5.41, 5.74) is 8.75. The number of halogens is 1. The Labute approximate surface area is 105 Å². The van der Waals surface area contributed by atoms with Crippen LogP contribution in [0.15, 0.2) is 47.4 Å². The van der Waals surface area contributed by atoms with Gasteiger partial charge in [-0.15, -0.1) is 11.8 Å². The Balaban J connectivity index is 2.07. The third-order valence-corrected chi connectivity index (χ3v) is 3.61. The fourth-order valence-electron chi connectivity index (χ4n) is 1.61. The fraction of sp³-hybridized carbons (Fsp3) is 0.143. The summed E-state index contributed by atoms with van der Waals surface area (Å²) in [6.07, 6.45) is 0. The molecule has 0 aliphatic heterocycles. The third kappa shape index (κ3) is 3.24. The molecule has 0 aromatic heterocycles. The van der Waals surface area contributed by atoms with Crippen LogP contribution in [0.2, 0.25) is 0 Å². The highest BCUT2D eigenvalue weighted by Gasteiger charge is 2.02. The van der Waals surface area contributed by atoms with Gasteiger partial charge in [-0.05, 0) is 30.7 Å². The fourth-order valence-corrected chi connectivity index (χ4v) is 2.51. The molecule has 2 aromatic carbocycles. The molecule has 0 radical (unpaired) electrons. The van der Waals surface area contributed by atoms with E-state index in [1.807, 2.05) is 6.07 Å². The van der Waals surface area contributed by atoms with E-state index in [9.17, 15) is 4.39 Å². The summed E-state index contributed by atoms with van der Waals surface area (Å²) in [5.74, 6) is 0.555. The molecule has 0 aliphatic rings. The van der Waals surface area contributed by atoms with Crippen LogP contribution in [0.4, 0.5) is 10.1 Å². The van der Waals surface area contributed by atoms with Gasteiger partial charge >= 0.3 is 0 Å². The normalized spacial score (nSPS) is 10.5. The van der Waals surface area contributed by atoms with Gasteiger partial charge in [-0.2, -0.15) is 0 Å². The second-order valence-corrected chi connectivity index (χ2v) is 4.98. The number of nitrogen functional groups attached to an aromatic ring is 1. The molecular weight excluding hydrogens is 233 g/mol. The minimum absolute atomic E-state index is 0.289. The summed E-state index contributed by atoms with van der Waals surface area (Å²) in [7, 11) is 0. The van der Waals surface area contributed by atoms with Crippen molar-refractivity contribution in [3.05, 3.63) is 59.4 Å². The Morgan fingerprint density at radius 3 is 2.71 bits per heavy atom. The van der Waals surface area contributed by atoms with E-state index in [0.29, 0.717) is 5.69 Å². The number of aryl methyl sites for hydroxylation is 1. The second-order valence-electron chi connectivity index (χ2n) is 3.96. The minimum Gasteiger partial charge on any atom is -0.398 e. The molecule has 0 saturated heterocycles. The molecule has 0 amide bonds. The molecule has 0 bridgehead atoms. The molecule has 0 spiro atoms. The van der Waals surface area contributed by atoms with Crippen molar-refractivity contribution in [2.75, 3.05) is 5.73 Å². The van der Waals surface area contributed by atoms with Crippen LogP contribution >= 0.6 is 11.8 Å².